The first-order valence-corrected chi connectivity index (χ1v) is 7.66. The van der Waals surface area contributed by atoms with Crippen LogP contribution >= 0.6 is 23.1 Å². The smallest absolute Gasteiger partial charge is 0.0926 e. The number of nitrogens with one attached hydrogen (secondary N) is 1. The minimum Gasteiger partial charge on any atom is -0.308 e. The summed E-state index contributed by atoms with van der Waals surface area (Å²) in [5.74, 6) is 2.61. The summed E-state index contributed by atoms with van der Waals surface area (Å²) in [5, 5.41) is 7.04. The van der Waals surface area contributed by atoms with Crippen LogP contribution in [0.25, 0.3) is 0 Å². The summed E-state index contributed by atoms with van der Waals surface area (Å²) in [6.07, 6.45) is 3.75. The second-order valence-corrected chi connectivity index (χ2v) is 5.97. The van der Waals surface area contributed by atoms with Gasteiger partial charge in [0.2, 0.25) is 0 Å². The van der Waals surface area contributed by atoms with E-state index in [1.54, 1.807) is 11.3 Å². The van der Waals surface area contributed by atoms with Gasteiger partial charge >= 0.3 is 0 Å². The van der Waals surface area contributed by atoms with Gasteiger partial charge in [0.1, 0.15) is 0 Å². The van der Waals surface area contributed by atoms with Crippen molar-refractivity contribution in [3.8, 4) is 0 Å². The molecule has 1 fully saturated rings. The summed E-state index contributed by atoms with van der Waals surface area (Å²) >= 11 is 3.85. The third-order valence-corrected chi connectivity index (χ3v) is 4.89. The first-order chi connectivity index (χ1) is 7.38. The van der Waals surface area contributed by atoms with Crippen molar-refractivity contribution in [2.24, 2.45) is 0 Å². The molecule has 1 aliphatic heterocycles. The fourth-order valence-electron chi connectivity index (χ4n) is 1.74. The van der Waals surface area contributed by atoms with Crippen LogP contribution in [0.4, 0.5) is 0 Å². The maximum Gasteiger partial charge on any atom is 0.0926 e. The van der Waals surface area contributed by atoms with E-state index < -0.39 is 0 Å². The van der Waals surface area contributed by atoms with Crippen molar-refractivity contribution in [2.45, 2.75) is 38.8 Å². The Hall–Kier alpha value is -0.0600. The highest BCUT2D eigenvalue weighted by Gasteiger charge is 2.13. The zero-order valence-corrected chi connectivity index (χ0v) is 10.8. The lowest BCUT2D eigenvalue weighted by Gasteiger charge is -2.21. The number of nitrogens with zero attached hydrogens (tertiary/aromatic N) is 1. The topological polar surface area (TPSA) is 24.9 Å². The maximum atomic E-state index is 4.56. The third kappa shape index (κ3) is 3.47. The van der Waals surface area contributed by atoms with Crippen molar-refractivity contribution in [3.05, 3.63) is 16.1 Å². The van der Waals surface area contributed by atoms with E-state index in [1.165, 1.54) is 35.0 Å². The van der Waals surface area contributed by atoms with Crippen LogP contribution in [0.5, 0.6) is 0 Å². The van der Waals surface area contributed by atoms with Gasteiger partial charge in [0, 0.05) is 23.7 Å². The molecular formula is C11H18N2S2. The van der Waals surface area contributed by atoms with Crippen LogP contribution in [0.15, 0.2) is 5.38 Å². The number of thioether (sulfide) groups is 1. The van der Waals surface area contributed by atoms with Gasteiger partial charge in [-0.15, -0.1) is 11.3 Å². The lowest BCUT2D eigenvalue weighted by molar-refractivity contribution is 0.504. The molecule has 0 saturated carbocycles. The molecule has 2 rings (SSSR count). The highest BCUT2D eigenvalue weighted by atomic mass is 32.2. The van der Waals surface area contributed by atoms with Gasteiger partial charge in [-0.1, -0.05) is 6.92 Å². The Morgan fingerprint density at radius 3 is 3.20 bits per heavy atom. The van der Waals surface area contributed by atoms with Crippen molar-refractivity contribution >= 4 is 23.1 Å². The van der Waals surface area contributed by atoms with E-state index in [0.29, 0.717) is 6.04 Å². The van der Waals surface area contributed by atoms with Crippen LogP contribution in [-0.4, -0.2) is 22.5 Å². The molecule has 2 nitrogen and oxygen atoms in total. The fraction of sp³-hybridized carbons (Fsp3) is 0.727. The Morgan fingerprint density at radius 2 is 2.53 bits per heavy atom. The van der Waals surface area contributed by atoms with E-state index in [2.05, 4.69) is 34.4 Å². The standard InChI is InChI=1S/C11H18N2S2/c1-2-11-13-10(8-15-11)6-12-9-4-3-5-14-7-9/h8-9,12H,2-7H2,1H3. The highest BCUT2D eigenvalue weighted by Crippen LogP contribution is 2.17. The minimum absolute atomic E-state index is 0.704. The molecule has 1 aromatic rings. The lowest BCUT2D eigenvalue weighted by Crippen LogP contribution is -2.33. The van der Waals surface area contributed by atoms with E-state index >= 15 is 0 Å². The van der Waals surface area contributed by atoms with Gasteiger partial charge < -0.3 is 5.32 Å². The molecule has 1 aromatic heterocycles. The molecule has 0 amide bonds. The number of aromatic nitrogens is 1. The number of thiazole rings is 1. The Morgan fingerprint density at radius 1 is 1.60 bits per heavy atom. The van der Waals surface area contributed by atoms with Crippen molar-refractivity contribution in [1.82, 2.24) is 10.3 Å². The third-order valence-electron chi connectivity index (χ3n) is 2.63. The number of hydrogen-bond donors (Lipinski definition) is 1. The van der Waals surface area contributed by atoms with E-state index in [4.69, 9.17) is 0 Å². The van der Waals surface area contributed by atoms with Crippen molar-refractivity contribution in [3.63, 3.8) is 0 Å². The molecule has 4 heteroatoms. The van der Waals surface area contributed by atoms with Crippen LogP contribution < -0.4 is 5.32 Å². The zero-order chi connectivity index (χ0) is 10.5. The molecular weight excluding hydrogens is 224 g/mol. The normalized spacial score (nSPS) is 21.8. The van der Waals surface area contributed by atoms with Gasteiger partial charge in [0.05, 0.1) is 10.7 Å². The molecule has 0 aromatic carbocycles. The molecule has 2 heterocycles. The van der Waals surface area contributed by atoms with E-state index in [0.717, 1.165) is 13.0 Å². The molecule has 1 saturated heterocycles. The van der Waals surface area contributed by atoms with Crippen molar-refractivity contribution in [1.29, 1.82) is 0 Å². The second-order valence-electron chi connectivity index (χ2n) is 3.88. The van der Waals surface area contributed by atoms with Crippen LogP contribution in [0.2, 0.25) is 0 Å². The maximum absolute atomic E-state index is 4.56. The minimum atomic E-state index is 0.704. The predicted molar refractivity (Wildman–Crippen MR) is 68.7 cm³/mol. The first-order valence-electron chi connectivity index (χ1n) is 5.63. The van der Waals surface area contributed by atoms with E-state index in [-0.39, 0.29) is 0 Å². The van der Waals surface area contributed by atoms with Crippen LogP contribution in [0.1, 0.15) is 30.5 Å². The monoisotopic (exact) mass is 242 g/mol. The summed E-state index contributed by atoms with van der Waals surface area (Å²) < 4.78 is 0. The molecule has 84 valence electrons. The van der Waals surface area contributed by atoms with Crippen LogP contribution in [0, 0.1) is 0 Å². The van der Waals surface area contributed by atoms with E-state index in [9.17, 15) is 0 Å². The van der Waals surface area contributed by atoms with Gasteiger partial charge in [-0.2, -0.15) is 11.8 Å². The second kappa shape index (κ2) is 5.87. The van der Waals surface area contributed by atoms with Crippen molar-refractivity contribution < 1.29 is 0 Å². The Bertz CT molecular complexity index is 293. The predicted octanol–water partition coefficient (Wildman–Crippen LogP) is 2.69. The quantitative estimate of drug-likeness (QED) is 0.879. The summed E-state index contributed by atoms with van der Waals surface area (Å²) in [6.45, 7) is 3.11. The molecule has 0 spiro atoms. The van der Waals surface area contributed by atoms with Crippen LogP contribution in [0.3, 0.4) is 0 Å². The lowest BCUT2D eigenvalue weighted by atomic mass is 10.2. The number of rotatable bonds is 4. The average molecular weight is 242 g/mol. The van der Waals surface area contributed by atoms with Gasteiger partial charge in [0.25, 0.3) is 0 Å². The summed E-state index contributed by atoms with van der Waals surface area (Å²) in [6, 6.07) is 0.704. The Balaban J connectivity index is 1.76. The van der Waals surface area contributed by atoms with Crippen LogP contribution in [-0.2, 0) is 13.0 Å². The molecule has 1 unspecified atom stereocenters. The molecule has 0 bridgehead atoms. The Labute approximate surface area is 99.9 Å². The molecule has 0 aliphatic carbocycles. The SMILES string of the molecule is CCc1nc(CNC2CCCSC2)cs1. The highest BCUT2D eigenvalue weighted by molar-refractivity contribution is 7.99. The fourth-order valence-corrected chi connectivity index (χ4v) is 3.59. The molecule has 1 aliphatic rings. The van der Waals surface area contributed by atoms with Gasteiger partial charge in [-0.25, -0.2) is 4.98 Å². The van der Waals surface area contributed by atoms with Crippen molar-refractivity contribution in [2.75, 3.05) is 11.5 Å². The number of hydrogen-bond acceptors (Lipinski definition) is 4. The summed E-state index contributed by atoms with van der Waals surface area (Å²) in [7, 11) is 0. The first kappa shape index (κ1) is 11.4. The molecule has 15 heavy (non-hydrogen) atoms. The van der Waals surface area contributed by atoms with Gasteiger partial charge in [-0.05, 0) is 25.0 Å². The van der Waals surface area contributed by atoms with Gasteiger partial charge in [0.15, 0.2) is 0 Å². The Kier molecular flexibility index (Phi) is 4.47. The molecule has 1 N–H and O–H groups in total. The summed E-state index contributed by atoms with van der Waals surface area (Å²) in [5.41, 5.74) is 1.22. The van der Waals surface area contributed by atoms with Gasteiger partial charge in [-0.3, -0.25) is 0 Å². The number of aryl methyl sites for hydroxylation is 1. The molecule has 1 atom stereocenters. The van der Waals surface area contributed by atoms with E-state index in [1.807, 2.05) is 0 Å². The summed E-state index contributed by atoms with van der Waals surface area (Å²) in [4.78, 5) is 4.56. The zero-order valence-electron chi connectivity index (χ0n) is 9.16. The molecule has 0 radical (unpaired) electrons. The largest absolute Gasteiger partial charge is 0.308 e. The average Bonchev–Trinajstić information content (AvgIpc) is 2.76.